The van der Waals surface area contributed by atoms with Gasteiger partial charge in [0.2, 0.25) is 5.82 Å². The molecule has 0 saturated carbocycles. The Morgan fingerprint density at radius 2 is 1.63 bits per heavy atom. The molecule has 0 aliphatic rings. The number of hydrogen-bond donors (Lipinski definition) is 1. The average Bonchev–Trinajstić information content (AvgIpc) is 3.58. The minimum atomic E-state index is -0.283. The molecular weight excluding hydrogens is 516 g/mol. The van der Waals surface area contributed by atoms with Crippen LogP contribution in [0, 0.1) is 11.3 Å². The minimum Gasteiger partial charge on any atom is -0.318 e. The highest BCUT2D eigenvalue weighted by Crippen LogP contribution is 2.30. The van der Waals surface area contributed by atoms with Crippen molar-refractivity contribution in [2.75, 3.05) is 0 Å². The normalized spacial score (nSPS) is 12.1. The van der Waals surface area contributed by atoms with Crippen LogP contribution in [0.3, 0.4) is 0 Å². The molecular formula is C31H38N8O2. The van der Waals surface area contributed by atoms with Crippen LogP contribution in [0.5, 0.6) is 0 Å². The van der Waals surface area contributed by atoms with Crippen LogP contribution in [-0.2, 0) is 26.1 Å². The lowest BCUT2D eigenvalue weighted by Gasteiger charge is -2.19. The third kappa shape index (κ3) is 5.77. The fraction of sp³-hybridized carbons (Fsp3) is 0.419. The highest BCUT2D eigenvalue weighted by molar-refractivity contribution is 5.80. The van der Waals surface area contributed by atoms with Gasteiger partial charge in [-0.05, 0) is 39.7 Å². The topological polar surface area (TPSA) is 116 Å². The molecule has 0 amide bonds. The SMILES string of the molecule is CCCn1c(=O)c2c(nc(CC(C)(C)C)n2Cc2ccc(-c3ccccc3-c3nn[nH]n3)cc2)n(CC(C)C)c1=O. The van der Waals surface area contributed by atoms with Crippen molar-refractivity contribution < 1.29 is 0 Å². The van der Waals surface area contributed by atoms with Crippen molar-refractivity contribution in [1.82, 2.24) is 39.3 Å². The number of H-pyrrole nitrogens is 1. The Morgan fingerprint density at radius 1 is 0.927 bits per heavy atom. The molecule has 1 N–H and O–H groups in total. The highest BCUT2D eigenvalue weighted by atomic mass is 16.2. The maximum Gasteiger partial charge on any atom is 0.332 e. The Bertz CT molecular complexity index is 1770. The van der Waals surface area contributed by atoms with Gasteiger partial charge in [0.25, 0.3) is 5.56 Å². The summed E-state index contributed by atoms with van der Waals surface area (Å²) >= 11 is 0. The Morgan fingerprint density at radius 3 is 2.24 bits per heavy atom. The van der Waals surface area contributed by atoms with Gasteiger partial charge in [0.05, 0.1) is 0 Å². The zero-order chi connectivity index (χ0) is 29.3. The van der Waals surface area contributed by atoms with Gasteiger partial charge >= 0.3 is 5.69 Å². The number of tetrazole rings is 1. The van der Waals surface area contributed by atoms with Gasteiger partial charge in [0, 0.05) is 31.6 Å². The van der Waals surface area contributed by atoms with E-state index in [0.29, 0.717) is 49.5 Å². The van der Waals surface area contributed by atoms with Crippen LogP contribution in [0.15, 0.2) is 58.1 Å². The molecule has 0 aliphatic heterocycles. The third-order valence-corrected chi connectivity index (χ3v) is 7.00. The van der Waals surface area contributed by atoms with Crippen molar-refractivity contribution in [1.29, 1.82) is 0 Å². The Kier molecular flexibility index (Phi) is 7.75. The van der Waals surface area contributed by atoms with Crippen LogP contribution < -0.4 is 11.2 Å². The van der Waals surface area contributed by atoms with Gasteiger partial charge < -0.3 is 4.57 Å². The maximum atomic E-state index is 13.8. The van der Waals surface area contributed by atoms with Crippen molar-refractivity contribution in [3.63, 3.8) is 0 Å². The van der Waals surface area contributed by atoms with Crippen molar-refractivity contribution in [3.8, 4) is 22.5 Å². The zero-order valence-electron chi connectivity index (χ0n) is 24.7. The number of benzene rings is 2. The fourth-order valence-corrected chi connectivity index (χ4v) is 5.24. The summed E-state index contributed by atoms with van der Waals surface area (Å²) in [4.78, 5) is 32.2. The second-order valence-electron chi connectivity index (χ2n) is 12.2. The standard InChI is InChI=1S/C31H38N8O2/c1-7-16-37-29(40)26-28(39(30(37)41)18-20(2)3)32-25(17-31(4,5)6)38(26)19-21-12-14-22(15-13-21)23-10-8-9-11-24(23)27-33-35-36-34-27/h8-15,20H,7,16-19H2,1-6H3,(H,33,34,35,36). The van der Waals surface area contributed by atoms with Gasteiger partial charge in [-0.1, -0.05) is 90.1 Å². The summed E-state index contributed by atoms with van der Waals surface area (Å²) < 4.78 is 5.09. The first-order valence-electron chi connectivity index (χ1n) is 14.2. The first-order valence-corrected chi connectivity index (χ1v) is 14.2. The molecule has 5 aromatic rings. The molecule has 0 saturated heterocycles. The van der Waals surface area contributed by atoms with E-state index in [1.165, 1.54) is 4.57 Å². The number of nitrogens with zero attached hydrogens (tertiary/aromatic N) is 7. The molecule has 2 aromatic carbocycles. The summed E-state index contributed by atoms with van der Waals surface area (Å²) in [6.07, 6.45) is 1.36. The lowest BCUT2D eigenvalue weighted by Crippen LogP contribution is -2.41. The summed E-state index contributed by atoms with van der Waals surface area (Å²) in [7, 11) is 0. The molecule has 0 spiro atoms. The van der Waals surface area contributed by atoms with Gasteiger partial charge in [0.15, 0.2) is 11.2 Å². The number of imidazole rings is 1. The molecule has 41 heavy (non-hydrogen) atoms. The summed E-state index contributed by atoms with van der Waals surface area (Å²) in [5.41, 5.74) is 4.30. The van der Waals surface area contributed by atoms with Crippen molar-refractivity contribution >= 4 is 11.2 Å². The van der Waals surface area contributed by atoms with Crippen LogP contribution in [0.1, 0.15) is 59.4 Å². The maximum absolute atomic E-state index is 13.8. The first kappa shape index (κ1) is 28.2. The minimum absolute atomic E-state index is 0.0620. The van der Waals surface area contributed by atoms with Gasteiger partial charge in [-0.25, -0.2) is 9.78 Å². The van der Waals surface area contributed by atoms with E-state index in [1.807, 2.05) is 35.8 Å². The predicted molar refractivity (Wildman–Crippen MR) is 161 cm³/mol. The second kappa shape index (κ2) is 11.3. The van der Waals surface area contributed by atoms with Gasteiger partial charge in [-0.3, -0.25) is 13.9 Å². The van der Waals surface area contributed by atoms with Crippen LogP contribution >= 0.6 is 0 Å². The molecule has 214 valence electrons. The second-order valence-corrected chi connectivity index (χ2v) is 12.2. The van der Waals surface area contributed by atoms with Crippen LogP contribution in [-0.4, -0.2) is 39.3 Å². The summed E-state index contributed by atoms with van der Waals surface area (Å²) in [6.45, 7) is 13.9. The molecule has 0 atom stereocenters. The summed E-state index contributed by atoms with van der Waals surface area (Å²) in [6, 6.07) is 16.2. The smallest absolute Gasteiger partial charge is 0.318 e. The van der Waals surface area contributed by atoms with E-state index >= 15 is 0 Å². The number of aromatic amines is 1. The number of hydrogen-bond acceptors (Lipinski definition) is 6. The molecule has 0 radical (unpaired) electrons. The van der Waals surface area contributed by atoms with E-state index in [1.54, 1.807) is 4.57 Å². The van der Waals surface area contributed by atoms with E-state index in [0.717, 1.165) is 28.1 Å². The zero-order valence-corrected chi connectivity index (χ0v) is 24.7. The molecule has 0 fully saturated rings. The molecule has 5 rings (SSSR count). The van der Waals surface area contributed by atoms with Crippen molar-refractivity contribution in [3.05, 3.63) is 80.8 Å². The Balaban J connectivity index is 1.63. The number of nitrogens with one attached hydrogen (secondary N) is 1. The predicted octanol–water partition coefficient (Wildman–Crippen LogP) is 4.91. The first-order chi connectivity index (χ1) is 19.6. The molecule has 3 aromatic heterocycles. The van der Waals surface area contributed by atoms with Crippen molar-refractivity contribution in [2.24, 2.45) is 11.3 Å². The average molecular weight is 555 g/mol. The quantitative estimate of drug-likeness (QED) is 0.277. The monoisotopic (exact) mass is 554 g/mol. The summed E-state index contributed by atoms with van der Waals surface area (Å²) in [5.74, 6) is 1.57. The van der Waals surface area contributed by atoms with E-state index in [-0.39, 0.29) is 22.6 Å². The highest BCUT2D eigenvalue weighted by Gasteiger charge is 2.25. The lowest BCUT2D eigenvalue weighted by molar-refractivity contribution is 0.394. The van der Waals surface area contributed by atoms with Gasteiger partial charge in [-0.2, -0.15) is 5.21 Å². The molecule has 10 heteroatoms. The van der Waals surface area contributed by atoms with E-state index < -0.39 is 0 Å². The number of aromatic nitrogens is 8. The third-order valence-electron chi connectivity index (χ3n) is 7.00. The molecule has 3 heterocycles. The van der Waals surface area contributed by atoms with Crippen molar-refractivity contribution in [2.45, 2.75) is 74.0 Å². The van der Waals surface area contributed by atoms with Gasteiger partial charge in [-0.15, -0.1) is 10.2 Å². The molecule has 0 bridgehead atoms. The van der Waals surface area contributed by atoms with Crippen LogP contribution in [0.4, 0.5) is 0 Å². The Labute approximate surface area is 239 Å². The summed E-state index contributed by atoms with van der Waals surface area (Å²) in [5, 5.41) is 14.5. The lowest BCUT2D eigenvalue weighted by atomic mass is 9.92. The Hall–Kier alpha value is -4.34. The molecule has 0 aliphatic carbocycles. The van der Waals surface area contributed by atoms with Crippen LogP contribution in [0.2, 0.25) is 0 Å². The van der Waals surface area contributed by atoms with E-state index in [9.17, 15) is 9.59 Å². The number of fused-ring (bicyclic) bond motifs is 1. The van der Waals surface area contributed by atoms with Crippen LogP contribution in [0.25, 0.3) is 33.7 Å². The van der Waals surface area contributed by atoms with E-state index in [2.05, 4.69) is 79.5 Å². The largest absolute Gasteiger partial charge is 0.332 e. The molecule has 10 nitrogen and oxygen atoms in total. The molecule has 0 unspecified atom stereocenters. The number of rotatable bonds is 9. The van der Waals surface area contributed by atoms with E-state index in [4.69, 9.17) is 4.98 Å². The fourth-order valence-electron chi connectivity index (χ4n) is 5.24. The van der Waals surface area contributed by atoms with Gasteiger partial charge in [0.1, 0.15) is 5.82 Å².